The zero-order chi connectivity index (χ0) is 21.8. The van der Waals surface area contributed by atoms with Crippen molar-refractivity contribution in [2.75, 3.05) is 20.1 Å². The van der Waals surface area contributed by atoms with Crippen LogP contribution in [0.3, 0.4) is 0 Å². The molecule has 0 saturated carbocycles. The summed E-state index contributed by atoms with van der Waals surface area (Å²) in [6.45, 7) is 0.0981. The Morgan fingerprint density at radius 1 is 1.27 bits per heavy atom. The Bertz CT molecular complexity index is 968. The molecular formula is C18H23F3N6O2S. The molecule has 2 heterocycles. The minimum absolute atomic E-state index is 0.175. The van der Waals surface area contributed by atoms with Crippen molar-refractivity contribution in [2.45, 2.75) is 30.9 Å². The highest BCUT2D eigenvalue weighted by Gasteiger charge is 2.50. The van der Waals surface area contributed by atoms with E-state index in [9.17, 15) is 21.6 Å². The largest absolute Gasteiger partial charge is 0.511 e. The first-order valence-electron chi connectivity index (χ1n) is 9.33. The van der Waals surface area contributed by atoms with Crippen molar-refractivity contribution in [3.8, 4) is 5.69 Å². The van der Waals surface area contributed by atoms with Gasteiger partial charge in [-0.2, -0.15) is 22.6 Å². The average molecular weight is 444 g/mol. The van der Waals surface area contributed by atoms with E-state index >= 15 is 0 Å². The van der Waals surface area contributed by atoms with E-state index in [4.69, 9.17) is 0 Å². The normalized spacial score (nSPS) is 17.1. The number of aromatic nitrogens is 2. The molecule has 12 heteroatoms. The Hall–Kier alpha value is -2.60. The fourth-order valence-corrected chi connectivity index (χ4v) is 4.18. The van der Waals surface area contributed by atoms with Crippen LogP contribution in [0.1, 0.15) is 18.4 Å². The predicted molar refractivity (Wildman–Crippen MR) is 106 cm³/mol. The smallest absolute Gasteiger partial charge is 0.354 e. The lowest BCUT2D eigenvalue weighted by atomic mass is 10.1. The Morgan fingerprint density at radius 3 is 2.60 bits per heavy atom. The number of hydrogen-bond donors (Lipinski definition) is 2. The van der Waals surface area contributed by atoms with Gasteiger partial charge in [0, 0.05) is 45.1 Å². The number of nitrogens with zero attached hydrogens (tertiary/aromatic N) is 4. The fourth-order valence-electron chi connectivity index (χ4n) is 3.19. The van der Waals surface area contributed by atoms with E-state index in [0.717, 1.165) is 11.3 Å². The van der Waals surface area contributed by atoms with Gasteiger partial charge in [0.15, 0.2) is 5.96 Å². The summed E-state index contributed by atoms with van der Waals surface area (Å²) < 4.78 is 63.3. The van der Waals surface area contributed by atoms with Gasteiger partial charge in [-0.15, -0.1) is 0 Å². The number of aliphatic imine (C=N–C) groups is 1. The third-order valence-electron chi connectivity index (χ3n) is 4.79. The molecule has 2 N–H and O–H groups in total. The van der Waals surface area contributed by atoms with E-state index in [0.29, 0.717) is 16.8 Å². The molecule has 0 amide bonds. The van der Waals surface area contributed by atoms with Crippen molar-refractivity contribution in [2.24, 2.45) is 4.99 Å². The van der Waals surface area contributed by atoms with Crippen LogP contribution in [0.25, 0.3) is 5.69 Å². The van der Waals surface area contributed by atoms with Crippen molar-refractivity contribution in [1.82, 2.24) is 24.7 Å². The predicted octanol–water partition coefficient (Wildman–Crippen LogP) is 1.85. The Balaban J connectivity index is 1.52. The quantitative estimate of drug-likeness (QED) is 0.543. The van der Waals surface area contributed by atoms with Crippen molar-refractivity contribution < 1.29 is 21.6 Å². The van der Waals surface area contributed by atoms with Crippen LogP contribution in [0.4, 0.5) is 13.2 Å². The van der Waals surface area contributed by atoms with Crippen LogP contribution in [0, 0.1) is 0 Å². The SMILES string of the molecule is CN=C(NCc1cccc(-n2cccn2)c1)NC1CCN(S(=O)(=O)C(F)(F)F)CC1. The van der Waals surface area contributed by atoms with Crippen LogP contribution in [0.5, 0.6) is 0 Å². The minimum atomic E-state index is -5.27. The second-order valence-electron chi connectivity index (χ2n) is 6.81. The van der Waals surface area contributed by atoms with Gasteiger partial charge in [0.25, 0.3) is 0 Å². The van der Waals surface area contributed by atoms with Gasteiger partial charge in [-0.3, -0.25) is 4.99 Å². The zero-order valence-electron chi connectivity index (χ0n) is 16.3. The van der Waals surface area contributed by atoms with Gasteiger partial charge in [-0.25, -0.2) is 13.1 Å². The lowest BCUT2D eigenvalue weighted by Gasteiger charge is -2.32. The maximum Gasteiger partial charge on any atom is 0.511 e. The molecule has 1 aliphatic rings. The molecule has 1 aromatic carbocycles. The summed E-state index contributed by atoms with van der Waals surface area (Å²) in [6, 6.07) is 9.45. The number of nitrogens with one attached hydrogen (secondary N) is 2. The summed E-state index contributed by atoms with van der Waals surface area (Å²) in [5.41, 5.74) is -3.35. The second kappa shape index (κ2) is 9.04. The highest BCUT2D eigenvalue weighted by Crippen LogP contribution is 2.28. The fraction of sp³-hybridized carbons (Fsp3) is 0.444. The summed E-state index contributed by atoms with van der Waals surface area (Å²) in [5, 5.41) is 10.5. The Labute approximate surface area is 172 Å². The maximum atomic E-state index is 12.7. The molecule has 0 bridgehead atoms. The first-order chi connectivity index (χ1) is 14.2. The van der Waals surface area contributed by atoms with E-state index in [1.54, 1.807) is 17.9 Å². The molecule has 0 spiro atoms. The van der Waals surface area contributed by atoms with Crippen LogP contribution in [0.2, 0.25) is 0 Å². The molecule has 1 saturated heterocycles. The standard InChI is InChI=1S/C18H23F3N6O2S/c1-22-17(23-13-14-4-2-5-16(12-14)27-9-3-8-24-27)25-15-6-10-26(11-7-15)30(28,29)18(19,20)21/h2-5,8-9,12,15H,6-7,10-11,13H2,1H3,(H2,22,23,25). The number of rotatable bonds is 5. The lowest BCUT2D eigenvalue weighted by Crippen LogP contribution is -2.51. The molecule has 0 radical (unpaired) electrons. The van der Waals surface area contributed by atoms with Gasteiger partial charge in [-0.1, -0.05) is 12.1 Å². The highest BCUT2D eigenvalue weighted by molar-refractivity contribution is 7.90. The third kappa shape index (κ3) is 5.11. The number of piperidine rings is 1. The van der Waals surface area contributed by atoms with Crippen molar-refractivity contribution >= 4 is 16.0 Å². The molecule has 0 unspecified atom stereocenters. The van der Waals surface area contributed by atoms with Gasteiger partial charge < -0.3 is 10.6 Å². The van der Waals surface area contributed by atoms with Crippen LogP contribution >= 0.6 is 0 Å². The monoisotopic (exact) mass is 444 g/mol. The van der Waals surface area contributed by atoms with Gasteiger partial charge in [-0.05, 0) is 36.6 Å². The van der Waals surface area contributed by atoms with Crippen LogP contribution < -0.4 is 10.6 Å². The zero-order valence-corrected chi connectivity index (χ0v) is 17.1. The van der Waals surface area contributed by atoms with E-state index in [1.165, 1.54) is 0 Å². The molecule has 3 rings (SSSR count). The molecule has 1 aromatic heterocycles. The number of halogens is 3. The van der Waals surface area contributed by atoms with Crippen LogP contribution in [0.15, 0.2) is 47.7 Å². The number of alkyl halides is 3. The molecule has 30 heavy (non-hydrogen) atoms. The molecule has 164 valence electrons. The summed E-state index contributed by atoms with van der Waals surface area (Å²) in [5.74, 6) is 0.497. The molecule has 0 atom stereocenters. The Kier molecular flexibility index (Phi) is 6.66. The van der Waals surface area contributed by atoms with E-state index in [1.807, 2.05) is 36.5 Å². The first-order valence-corrected chi connectivity index (χ1v) is 10.8. The molecule has 0 aliphatic carbocycles. The highest BCUT2D eigenvalue weighted by atomic mass is 32.2. The van der Waals surface area contributed by atoms with Crippen molar-refractivity contribution in [3.05, 3.63) is 48.3 Å². The second-order valence-corrected chi connectivity index (χ2v) is 8.74. The van der Waals surface area contributed by atoms with E-state index in [-0.39, 0.29) is 32.0 Å². The summed E-state index contributed by atoms with van der Waals surface area (Å²) >= 11 is 0. The number of hydrogen-bond acceptors (Lipinski definition) is 4. The molecule has 1 fully saturated rings. The van der Waals surface area contributed by atoms with Gasteiger partial charge >= 0.3 is 15.5 Å². The van der Waals surface area contributed by atoms with Crippen LogP contribution in [-0.4, -0.2) is 60.2 Å². The minimum Gasteiger partial charge on any atom is -0.354 e. The molecule has 1 aliphatic heterocycles. The average Bonchev–Trinajstić information content (AvgIpc) is 3.26. The molecule has 2 aromatic rings. The van der Waals surface area contributed by atoms with E-state index in [2.05, 4.69) is 20.7 Å². The third-order valence-corrected chi connectivity index (χ3v) is 6.42. The summed E-state index contributed by atoms with van der Waals surface area (Å²) in [4.78, 5) is 4.14. The van der Waals surface area contributed by atoms with Crippen molar-refractivity contribution in [3.63, 3.8) is 0 Å². The first kappa shape index (κ1) is 22.1. The van der Waals surface area contributed by atoms with Gasteiger partial charge in [0.2, 0.25) is 0 Å². The van der Waals surface area contributed by atoms with Gasteiger partial charge in [0.05, 0.1) is 5.69 Å². The van der Waals surface area contributed by atoms with E-state index < -0.39 is 15.5 Å². The van der Waals surface area contributed by atoms with Crippen LogP contribution in [-0.2, 0) is 16.6 Å². The molecular weight excluding hydrogens is 421 g/mol. The number of sulfonamides is 1. The lowest BCUT2D eigenvalue weighted by molar-refractivity contribution is -0.0494. The summed E-state index contributed by atoms with van der Waals surface area (Å²) in [7, 11) is -3.68. The Morgan fingerprint density at radius 2 is 2.00 bits per heavy atom. The summed E-state index contributed by atoms with van der Waals surface area (Å²) in [6.07, 6.45) is 4.05. The topological polar surface area (TPSA) is 91.6 Å². The molecule has 8 nitrogen and oxygen atoms in total. The maximum absolute atomic E-state index is 12.7. The van der Waals surface area contributed by atoms with Gasteiger partial charge in [0.1, 0.15) is 0 Å². The van der Waals surface area contributed by atoms with Crippen molar-refractivity contribution in [1.29, 1.82) is 0 Å². The number of guanidine groups is 1. The number of benzene rings is 1.